The molecular weight excluding hydrogens is 284 g/mol. The van der Waals surface area contributed by atoms with Crippen LogP contribution in [0.2, 0.25) is 0 Å². The van der Waals surface area contributed by atoms with E-state index < -0.39 is 0 Å². The van der Waals surface area contributed by atoms with Crippen LogP contribution in [0.1, 0.15) is 18.9 Å². The molecule has 0 saturated heterocycles. The van der Waals surface area contributed by atoms with Crippen molar-refractivity contribution in [3.8, 4) is 6.07 Å². The number of nitrogens with one attached hydrogen (secondary N) is 1. The number of hydrogen-bond donors (Lipinski definition) is 1. The normalized spacial score (nSPS) is 9.47. The SMILES string of the molecule is CCOC(=O)CCNc1ccc(Br)cc1C#N. The van der Waals surface area contributed by atoms with Gasteiger partial charge in [-0.25, -0.2) is 0 Å². The van der Waals surface area contributed by atoms with Gasteiger partial charge in [-0.15, -0.1) is 0 Å². The van der Waals surface area contributed by atoms with E-state index in [1.807, 2.05) is 6.07 Å². The lowest BCUT2D eigenvalue weighted by Gasteiger charge is -2.08. The molecule has 4 nitrogen and oxygen atoms in total. The molecule has 5 heteroatoms. The van der Waals surface area contributed by atoms with Gasteiger partial charge in [-0.2, -0.15) is 5.26 Å². The zero-order valence-corrected chi connectivity index (χ0v) is 11.1. The Kier molecular flexibility index (Phi) is 5.50. The van der Waals surface area contributed by atoms with Gasteiger partial charge in [0.15, 0.2) is 0 Å². The Labute approximate surface area is 109 Å². The summed E-state index contributed by atoms with van der Waals surface area (Å²) >= 11 is 3.30. The van der Waals surface area contributed by atoms with Crippen LogP contribution in [0.4, 0.5) is 5.69 Å². The summed E-state index contributed by atoms with van der Waals surface area (Å²) < 4.78 is 5.66. The maximum absolute atomic E-state index is 11.1. The van der Waals surface area contributed by atoms with Gasteiger partial charge in [-0.3, -0.25) is 4.79 Å². The van der Waals surface area contributed by atoms with Crippen molar-refractivity contribution in [3.63, 3.8) is 0 Å². The Balaban J connectivity index is 2.52. The van der Waals surface area contributed by atoms with E-state index >= 15 is 0 Å². The number of halogens is 1. The second-order valence-corrected chi connectivity index (χ2v) is 4.20. The minimum Gasteiger partial charge on any atom is -0.466 e. The molecule has 0 aromatic heterocycles. The van der Waals surface area contributed by atoms with Crippen molar-refractivity contribution in [1.29, 1.82) is 5.26 Å². The highest BCUT2D eigenvalue weighted by Crippen LogP contribution is 2.20. The first kappa shape index (κ1) is 13.5. The molecule has 0 amide bonds. The molecule has 0 radical (unpaired) electrons. The number of nitrogens with zero attached hydrogens (tertiary/aromatic N) is 1. The molecule has 0 fully saturated rings. The summed E-state index contributed by atoms with van der Waals surface area (Å²) in [5.74, 6) is -0.240. The lowest BCUT2D eigenvalue weighted by atomic mass is 10.2. The summed E-state index contributed by atoms with van der Waals surface area (Å²) in [5, 5.41) is 12.0. The van der Waals surface area contributed by atoms with Crippen LogP contribution in [0.5, 0.6) is 0 Å². The van der Waals surface area contributed by atoms with Crippen molar-refractivity contribution in [2.24, 2.45) is 0 Å². The van der Waals surface area contributed by atoms with E-state index in [1.165, 1.54) is 0 Å². The minimum absolute atomic E-state index is 0.240. The smallest absolute Gasteiger partial charge is 0.307 e. The van der Waals surface area contributed by atoms with Crippen LogP contribution in [0.3, 0.4) is 0 Å². The van der Waals surface area contributed by atoms with E-state index in [2.05, 4.69) is 27.3 Å². The molecule has 0 heterocycles. The number of ether oxygens (including phenoxy) is 1. The highest BCUT2D eigenvalue weighted by atomic mass is 79.9. The number of hydrogen-bond acceptors (Lipinski definition) is 4. The van der Waals surface area contributed by atoms with Crippen molar-refractivity contribution in [2.45, 2.75) is 13.3 Å². The Hall–Kier alpha value is -1.54. The van der Waals surface area contributed by atoms with Crippen molar-refractivity contribution in [3.05, 3.63) is 28.2 Å². The maximum atomic E-state index is 11.1. The van der Waals surface area contributed by atoms with E-state index in [0.717, 1.165) is 10.2 Å². The molecule has 0 saturated carbocycles. The topological polar surface area (TPSA) is 62.1 Å². The molecule has 90 valence electrons. The molecule has 1 aromatic carbocycles. The van der Waals surface area contributed by atoms with E-state index in [4.69, 9.17) is 10.00 Å². The second-order valence-electron chi connectivity index (χ2n) is 3.28. The number of carbonyl (C=O) groups excluding carboxylic acids is 1. The molecule has 17 heavy (non-hydrogen) atoms. The van der Waals surface area contributed by atoms with Gasteiger partial charge in [0.2, 0.25) is 0 Å². The summed E-state index contributed by atoms with van der Waals surface area (Å²) in [6.07, 6.45) is 0.286. The van der Waals surface area contributed by atoms with E-state index in [0.29, 0.717) is 18.7 Å². The fraction of sp³-hybridized carbons (Fsp3) is 0.333. The van der Waals surface area contributed by atoms with Gasteiger partial charge >= 0.3 is 5.97 Å². The van der Waals surface area contributed by atoms with Crippen molar-refractivity contribution in [1.82, 2.24) is 0 Å². The number of rotatable bonds is 5. The van der Waals surface area contributed by atoms with Crippen molar-refractivity contribution < 1.29 is 9.53 Å². The maximum Gasteiger partial charge on any atom is 0.307 e. The third-order valence-corrected chi connectivity index (χ3v) is 2.55. The van der Waals surface area contributed by atoms with Gasteiger partial charge in [0.1, 0.15) is 6.07 Å². The Morgan fingerprint density at radius 1 is 1.59 bits per heavy atom. The summed E-state index contributed by atoms with van der Waals surface area (Å²) in [7, 11) is 0. The minimum atomic E-state index is -0.240. The highest BCUT2D eigenvalue weighted by molar-refractivity contribution is 9.10. The largest absolute Gasteiger partial charge is 0.466 e. The number of anilines is 1. The Bertz CT molecular complexity index is 441. The van der Waals surface area contributed by atoms with Gasteiger partial charge in [0.25, 0.3) is 0 Å². The average Bonchev–Trinajstić information content (AvgIpc) is 2.31. The molecule has 0 aliphatic carbocycles. The first-order chi connectivity index (χ1) is 8.17. The molecule has 0 bridgehead atoms. The predicted octanol–water partition coefficient (Wildman–Crippen LogP) is 2.69. The standard InChI is InChI=1S/C12H13BrN2O2/c1-2-17-12(16)5-6-15-11-4-3-10(13)7-9(11)8-14/h3-4,7,15H,2,5-6H2,1H3. The first-order valence-electron chi connectivity index (χ1n) is 5.26. The zero-order chi connectivity index (χ0) is 12.7. The van der Waals surface area contributed by atoms with Gasteiger partial charge < -0.3 is 10.1 Å². The summed E-state index contributed by atoms with van der Waals surface area (Å²) in [4.78, 5) is 11.1. The molecule has 0 aliphatic rings. The number of nitriles is 1. The van der Waals surface area contributed by atoms with Crippen molar-refractivity contribution in [2.75, 3.05) is 18.5 Å². The lowest BCUT2D eigenvalue weighted by molar-refractivity contribution is -0.142. The number of carbonyl (C=O) groups is 1. The van der Waals surface area contributed by atoms with Crippen LogP contribution in [0.15, 0.2) is 22.7 Å². The molecule has 1 N–H and O–H groups in total. The fourth-order valence-corrected chi connectivity index (χ4v) is 1.66. The van der Waals surface area contributed by atoms with Gasteiger partial charge in [-0.1, -0.05) is 15.9 Å². The van der Waals surface area contributed by atoms with Crippen LogP contribution < -0.4 is 5.32 Å². The highest BCUT2D eigenvalue weighted by Gasteiger charge is 2.04. The first-order valence-corrected chi connectivity index (χ1v) is 6.05. The summed E-state index contributed by atoms with van der Waals surface area (Å²) in [6, 6.07) is 7.46. The monoisotopic (exact) mass is 296 g/mol. The number of benzene rings is 1. The van der Waals surface area contributed by atoms with Crippen LogP contribution in [0.25, 0.3) is 0 Å². The quantitative estimate of drug-likeness (QED) is 0.849. The molecule has 0 atom stereocenters. The summed E-state index contributed by atoms with van der Waals surface area (Å²) in [5.41, 5.74) is 1.27. The number of esters is 1. The lowest BCUT2D eigenvalue weighted by Crippen LogP contribution is -2.11. The average molecular weight is 297 g/mol. The van der Waals surface area contributed by atoms with E-state index in [-0.39, 0.29) is 12.4 Å². The van der Waals surface area contributed by atoms with E-state index in [9.17, 15) is 4.79 Å². The van der Waals surface area contributed by atoms with E-state index in [1.54, 1.807) is 19.1 Å². The Morgan fingerprint density at radius 3 is 3.00 bits per heavy atom. The van der Waals surface area contributed by atoms with Gasteiger partial charge in [0, 0.05) is 11.0 Å². The third kappa shape index (κ3) is 4.45. The molecule has 0 unspecified atom stereocenters. The third-order valence-electron chi connectivity index (χ3n) is 2.05. The summed E-state index contributed by atoms with van der Waals surface area (Å²) in [6.45, 7) is 2.61. The van der Waals surface area contributed by atoms with Crippen LogP contribution >= 0.6 is 15.9 Å². The molecular formula is C12H13BrN2O2. The zero-order valence-electron chi connectivity index (χ0n) is 9.50. The molecule has 1 rings (SSSR count). The fourth-order valence-electron chi connectivity index (χ4n) is 1.30. The van der Waals surface area contributed by atoms with Crippen LogP contribution in [-0.2, 0) is 9.53 Å². The second kappa shape index (κ2) is 6.92. The van der Waals surface area contributed by atoms with Gasteiger partial charge in [-0.05, 0) is 25.1 Å². The molecule has 0 spiro atoms. The van der Waals surface area contributed by atoms with Gasteiger partial charge in [0.05, 0.1) is 24.3 Å². The predicted molar refractivity (Wildman–Crippen MR) is 68.6 cm³/mol. The van der Waals surface area contributed by atoms with Crippen LogP contribution in [-0.4, -0.2) is 19.1 Å². The Morgan fingerprint density at radius 2 is 2.35 bits per heavy atom. The van der Waals surface area contributed by atoms with Crippen molar-refractivity contribution >= 4 is 27.6 Å². The van der Waals surface area contributed by atoms with Crippen LogP contribution in [0, 0.1) is 11.3 Å². The molecule has 0 aliphatic heterocycles. The molecule has 1 aromatic rings.